The van der Waals surface area contributed by atoms with Crippen LogP contribution in [0.2, 0.25) is 0 Å². The average Bonchev–Trinajstić information content (AvgIpc) is 2.59. The number of carbonyl (C=O) groups is 1. The third-order valence-corrected chi connectivity index (χ3v) is 4.22. The van der Waals surface area contributed by atoms with Crippen molar-refractivity contribution in [2.24, 2.45) is 11.7 Å². The van der Waals surface area contributed by atoms with Crippen molar-refractivity contribution in [2.75, 3.05) is 6.54 Å². The predicted molar refractivity (Wildman–Crippen MR) is 102 cm³/mol. The molecule has 24 heavy (non-hydrogen) atoms. The summed E-state index contributed by atoms with van der Waals surface area (Å²) in [5.41, 5.74) is 8.31. The van der Waals surface area contributed by atoms with Crippen LogP contribution in [-0.2, 0) is 17.8 Å². The lowest BCUT2D eigenvalue weighted by Crippen LogP contribution is -2.42. The first-order valence-electron chi connectivity index (χ1n) is 8.20. The fourth-order valence-corrected chi connectivity index (χ4v) is 2.49. The van der Waals surface area contributed by atoms with Gasteiger partial charge in [0.15, 0.2) is 0 Å². The number of halogens is 1. The predicted octanol–water partition coefficient (Wildman–Crippen LogP) is 3.66. The summed E-state index contributed by atoms with van der Waals surface area (Å²) in [6.07, 6.45) is 0.852. The zero-order valence-electron chi connectivity index (χ0n) is 14.4. The highest BCUT2D eigenvalue weighted by molar-refractivity contribution is 5.85. The number of hydrogen-bond acceptors (Lipinski definition) is 2. The molecule has 3 nitrogen and oxygen atoms in total. The fraction of sp³-hybridized carbons (Fsp3) is 0.350. The summed E-state index contributed by atoms with van der Waals surface area (Å²) in [4.78, 5) is 14.7. The molecule has 2 aromatic carbocycles. The Bertz CT molecular complexity index is 602. The Morgan fingerprint density at radius 3 is 1.96 bits per heavy atom. The minimum Gasteiger partial charge on any atom is -0.338 e. The maximum atomic E-state index is 12.8. The molecule has 0 bridgehead atoms. The SMILES string of the molecule is CC(N)C(C)C(=O)N(CCc1ccccc1)Cc1ccccc1.Cl. The molecule has 0 fully saturated rings. The van der Waals surface area contributed by atoms with Crippen LogP contribution < -0.4 is 5.73 Å². The van der Waals surface area contributed by atoms with Crippen LogP contribution in [0, 0.1) is 5.92 Å². The fourth-order valence-electron chi connectivity index (χ4n) is 2.49. The number of hydrogen-bond donors (Lipinski definition) is 1. The van der Waals surface area contributed by atoms with Gasteiger partial charge in [-0.25, -0.2) is 0 Å². The Hall–Kier alpha value is -1.84. The molecule has 2 atom stereocenters. The van der Waals surface area contributed by atoms with Crippen molar-refractivity contribution in [3.05, 3.63) is 71.8 Å². The van der Waals surface area contributed by atoms with E-state index < -0.39 is 0 Å². The molecule has 0 saturated carbocycles. The van der Waals surface area contributed by atoms with Crippen molar-refractivity contribution in [2.45, 2.75) is 32.9 Å². The van der Waals surface area contributed by atoms with Crippen LogP contribution in [0.5, 0.6) is 0 Å². The van der Waals surface area contributed by atoms with E-state index in [1.54, 1.807) is 0 Å². The van der Waals surface area contributed by atoms with Gasteiger partial charge in [0.25, 0.3) is 0 Å². The van der Waals surface area contributed by atoms with Crippen LogP contribution >= 0.6 is 12.4 Å². The molecule has 1 amide bonds. The van der Waals surface area contributed by atoms with E-state index in [0.717, 1.165) is 12.0 Å². The minimum absolute atomic E-state index is 0. The Kier molecular flexibility index (Phi) is 8.51. The molecule has 0 radical (unpaired) electrons. The normalized spacial score (nSPS) is 12.8. The monoisotopic (exact) mass is 346 g/mol. The van der Waals surface area contributed by atoms with Crippen molar-refractivity contribution >= 4 is 18.3 Å². The van der Waals surface area contributed by atoms with E-state index in [2.05, 4.69) is 24.3 Å². The number of nitrogens with two attached hydrogens (primary N) is 1. The maximum Gasteiger partial charge on any atom is 0.227 e. The van der Waals surface area contributed by atoms with Gasteiger partial charge in [0.1, 0.15) is 0 Å². The minimum atomic E-state index is -0.172. The second-order valence-electron chi connectivity index (χ2n) is 6.13. The molecule has 0 aliphatic carbocycles. The van der Waals surface area contributed by atoms with Crippen molar-refractivity contribution in [1.29, 1.82) is 0 Å². The quantitative estimate of drug-likeness (QED) is 0.831. The smallest absolute Gasteiger partial charge is 0.227 e. The van der Waals surface area contributed by atoms with E-state index in [-0.39, 0.29) is 30.3 Å². The first-order valence-corrected chi connectivity index (χ1v) is 8.20. The highest BCUT2D eigenvalue weighted by Gasteiger charge is 2.23. The highest BCUT2D eigenvalue weighted by atomic mass is 35.5. The number of nitrogens with zero attached hydrogens (tertiary/aromatic N) is 1. The first-order chi connectivity index (χ1) is 11.1. The highest BCUT2D eigenvalue weighted by Crippen LogP contribution is 2.12. The number of carbonyl (C=O) groups excluding carboxylic acids is 1. The van der Waals surface area contributed by atoms with Gasteiger partial charge in [-0.05, 0) is 24.5 Å². The Morgan fingerprint density at radius 1 is 0.958 bits per heavy atom. The van der Waals surface area contributed by atoms with E-state index in [4.69, 9.17) is 5.73 Å². The topological polar surface area (TPSA) is 46.3 Å². The largest absolute Gasteiger partial charge is 0.338 e. The van der Waals surface area contributed by atoms with Crippen molar-refractivity contribution < 1.29 is 4.79 Å². The van der Waals surface area contributed by atoms with Crippen LogP contribution in [-0.4, -0.2) is 23.4 Å². The molecular formula is C20H27ClN2O. The molecule has 2 N–H and O–H groups in total. The van der Waals surface area contributed by atoms with Gasteiger partial charge in [0, 0.05) is 19.1 Å². The molecular weight excluding hydrogens is 320 g/mol. The molecule has 2 rings (SSSR count). The van der Waals surface area contributed by atoms with Gasteiger partial charge >= 0.3 is 0 Å². The summed E-state index contributed by atoms with van der Waals surface area (Å²) >= 11 is 0. The zero-order valence-corrected chi connectivity index (χ0v) is 15.2. The molecule has 0 saturated heterocycles. The van der Waals surface area contributed by atoms with Crippen LogP contribution in [0.1, 0.15) is 25.0 Å². The molecule has 0 heterocycles. The van der Waals surface area contributed by atoms with E-state index in [1.165, 1.54) is 5.56 Å². The Labute approximate surface area is 151 Å². The molecule has 0 aliphatic rings. The van der Waals surface area contributed by atoms with Crippen LogP contribution in [0.15, 0.2) is 60.7 Å². The summed E-state index contributed by atoms with van der Waals surface area (Å²) in [6.45, 7) is 5.13. The Balaban J connectivity index is 0.00000288. The number of rotatable bonds is 7. The maximum absolute atomic E-state index is 12.8. The van der Waals surface area contributed by atoms with Crippen molar-refractivity contribution in [1.82, 2.24) is 4.90 Å². The standard InChI is InChI=1S/C20H26N2O.ClH/c1-16(17(2)21)20(23)22(15-19-11-7-4-8-12-19)14-13-18-9-5-3-6-10-18;/h3-12,16-17H,13-15,21H2,1-2H3;1H. The molecule has 2 aromatic rings. The molecule has 4 heteroatoms. The van der Waals surface area contributed by atoms with Gasteiger partial charge in [0.2, 0.25) is 5.91 Å². The molecule has 0 spiro atoms. The Morgan fingerprint density at radius 2 is 1.46 bits per heavy atom. The van der Waals surface area contributed by atoms with E-state index in [1.807, 2.05) is 55.1 Å². The van der Waals surface area contributed by atoms with Gasteiger partial charge in [-0.2, -0.15) is 0 Å². The van der Waals surface area contributed by atoms with Gasteiger partial charge in [-0.3, -0.25) is 4.79 Å². The molecule has 0 aliphatic heterocycles. The second kappa shape index (κ2) is 10.1. The molecule has 130 valence electrons. The number of benzene rings is 2. The summed E-state index contributed by atoms with van der Waals surface area (Å²) in [6, 6.07) is 20.2. The van der Waals surface area contributed by atoms with Gasteiger partial charge < -0.3 is 10.6 Å². The van der Waals surface area contributed by atoms with Crippen LogP contribution in [0.3, 0.4) is 0 Å². The van der Waals surface area contributed by atoms with Gasteiger partial charge in [0.05, 0.1) is 5.92 Å². The summed E-state index contributed by atoms with van der Waals surface area (Å²) in [5, 5.41) is 0. The first kappa shape index (κ1) is 20.2. The van der Waals surface area contributed by atoms with Crippen LogP contribution in [0.25, 0.3) is 0 Å². The van der Waals surface area contributed by atoms with E-state index in [9.17, 15) is 4.79 Å². The van der Waals surface area contributed by atoms with Gasteiger partial charge in [-0.15, -0.1) is 12.4 Å². The summed E-state index contributed by atoms with van der Waals surface area (Å²) < 4.78 is 0. The third kappa shape index (κ3) is 5.99. The second-order valence-corrected chi connectivity index (χ2v) is 6.13. The van der Waals surface area contributed by atoms with E-state index in [0.29, 0.717) is 13.1 Å². The van der Waals surface area contributed by atoms with Crippen LogP contribution in [0.4, 0.5) is 0 Å². The lowest BCUT2D eigenvalue weighted by Gasteiger charge is -2.27. The lowest BCUT2D eigenvalue weighted by molar-refractivity contribution is -0.136. The lowest BCUT2D eigenvalue weighted by atomic mass is 10.0. The molecule has 2 unspecified atom stereocenters. The van der Waals surface area contributed by atoms with E-state index >= 15 is 0 Å². The average molecular weight is 347 g/mol. The van der Waals surface area contributed by atoms with Crippen molar-refractivity contribution in [3.8, 4) is 0 Å². The third-order valence-electron chi connectivity index (χ3n) is 4.22. The van der Waals surface area contributed by atoms with Gasteiger partial charge in [-0.1, -0.05) is 67.6 Å². The molecule has 0 aromatic heterocycles. The summed E-state index contributed by atoms with van der Waals surface area (Å²) in [5.74, 6) is -0.0470. The van der Waals surface area contributed by atoms with Crippen molar-refractivity contribution in [3.63, 3.8) is 0 Å². The summed E-state index contributed by atoms with van der Waals surface area (Å²) in [7, 11) is 0. The zero-order chi connectivity index (χ0) is 16.7. The number of amides is 1.